The highest BCUT2D eigenvalue weighted by Crippen LogP contribution is 2.25. The predicted octanol–water partition coefficient (Wildman–Crippen LogP) is 3.66. The molecule has 0 amide bonds. The lowest BCUT2D eigenvalue weighted by Gasteiger charge is -2.08. The molecule has 1 aromatic carbocycles. The van der Waals surface area contributed by atoms with Crippen LogP contribution in [-0.2, 0) is 4.74 Å². The number of hydrogen-bond donors (Lipinski definition) is 1. The summed E-state index contributed by atoms with van der Waals surface area (Å²) in [6.45, 7) is 1.71. The van der Waals surface area contributed by atoms with E-state index in [-0.39, 0.29) is 0 Å². The lowest BCUT2D eigenvalue weighted by Crippen LogP contribution is -2.04. The number of hydrogen-bond acceptors (Lipinski definition) is 2. The quantitative estimate of drug-likeness (QED) is 0.835. The summed E-state index contributed by atoms with van der Waals surface area (Å²) in [6, 6.07) is 6.07. The number of methoxy groups -OCH3 is 1. The number of benzene rings is 1. The summed E-state index contributed by atoms with van der Waals surface area (Å²) in [5.74, 6) is 0. The van der Waals surface area contributed by atoms with Gasteiger partial charge in [0.25, 0.3) is 0 Å². The summed E-state index contributed by atoms with van der Waals surface area (Å²) >= 11 is 6.92. The molecule has 1 rings (SSSR count). The van der Waals surface area contributed by atoms with Crippen molar-refractivity contribution in [2.45, 2.75) is 6.42 Å². The highest BCUT2D eigenvalue weighted by molar-refractivity contribution is 9.11. The molecule has 0 saturated carbocycles. The van der Waals surface area contributed by atoms with E-state index in [1.54, 1.807) is 7.11 Å². The Labute approximate surface area is 101 Å². The highest BCUT2D eigenvalue weighted by atomic mass is 79.9. The molecule has 0 heterocycles. The summed E-state index contributed by atoms with van der Waals surface area (Å²) in [5.41, 5.74) is 1.11. The van der Waals surface area contributed by atoms with Crippen LogP contribution in [0.2, 0.25) is 0 Å². The van der Waals surface area contributed by atoms with Crippen LogP contribution in [0.4, 0.5) is 5.69 Å². The van der Waals surface area contributed by atoms with Crippen molar-refractivity contribution >= 4 is 37.5 Å². The van der Waals surface area contributed by atoms with Gasteiger partial charge in [-0.25, -0.2) is 0 Å². The maximum atomic E-state index is 4.97. The molecule has 0 bridgehead atoms. The van der Waals surface area contributed by atoms with Crippen molar-refractivity contribution in [3.8, 4) is 0 Å². The third kappa shape index (κ3) is 3.98. The topological polar surface area (TPSA) is 21.3 Å². The van der Waals surface area contributed by atoms with Crippen LogP contribution in [0.5, 0.6) is 0 Å². The zero-order chi connectivity index (χ0) is 10.4. The van der Waals surface area contributed by atoms with Crippen LogP contribution < -0.4 is 5.32 Å². The van der Waals surface area contributed by atoms with E-state index < -0.39 is 0 Å². The maximum absolute atomic E-state index is 4.97. The fraction of sp³-hybridized carbons (Fsp3) is 0.400. The van der Waals surface area contributed by atoms with Crippen molar-refractivity contribution in [3.63, 3.8) is 0 Å². The van der Waals surface area contributed by atoms with Crippen molar-refractivity contribution in [2.75, 3.05) is 25.6 Å². The molecule has 0 aliphatic rings. The molecule has 0 spiro atoms. The monoisotopic (exact) mass is 321 g/mol. The van der Waals surface area contributed by atoms with Gasteiger partial charge in [0.1, 0.15) is 0 Å². The third-order valence-electron chi connectivity index (χ3n) is 1.77. The van der Waals surface area contributed by atoms with Gasteiger partial charge in [-0.15, -0.1) is 0 Å². The molecule has 1 aromatic rings. The van der Waals surface area contributed by atoms with Gasteiger partial charge in [0, 0.05) is 34.9 Å². The molecule has 1 N–H and O–H groups in total. The van der Waals surface area contributed by atoms with Crippen LogP contribution in [0.3, 0.4) is 0 Å². The van der Waals surface area contributed by atoms with Gasteiger partial charge in [-0.3, -0.25) is 0 Å². The van der Waals surface area contributed by atoms with Crippen LogP contribution in [-0.4, -0.2) is 20.3 Å². The average molecular weight is 323 g/mol. The Bertz CT molecular complexity index is 291. The molecule has 0 saturated heterocycles. The number of nitrogens with one attached hydrogen (secondary N) is 1. The van der Waals surface area contributed by atoms with E-state index in [1.165, 1.54) is 0 Å². The molecule has 0 radical (unpaired) electrons. The van der Waals surface area contributed by atoms with Gasteiger partial charge < -0.3 is 10.1 Å². The summed E-state index contributed by atoms with van der Waals surface area (Å²) in [7, 11) is 1.72. The Morgan fingerprint density at radius 3 is 2.86 bits per heavy atom. The average Bonchev–Trinajstić information content (AvgIpc) is 2.18. The lowest BCUT2D eigenvalue weighted by molar-refractivity contribution is 0.198. The van der Waals surface area contributed by atoms with E-state index in [9.17, 15) is 0 Å². The van der Waals surface area contributed by atoms with Gasteiger partial charge in [0.05, 0.1) is 0 Å². The fourth-order valence-corrected chi connectivity index (χ4v) is 1.82. The van der Waals surface area contributed by atoms with Gasteiger partial charge in [0.2, 0.25) is 0 Å². The molecule has 78 valence electrons. The normalized spacial score (nSPS) is 10.2. The first kappa shape index (κ1) is 12.0. The number of anilines is 1. The molecule has 0 atom stereocenters. The van der Waals surface area contributed by atoms with E-state index in [4.69, 9.17) is 4.74 Å². The highest BCUT2D eigenvalue weighted by Gasteiger charge is 1.98. The van der Waals surface area contributed by atoms with Crippen molar-refractivity contribution in [1.82, 2.24) is 0 Å². The largest absolute Gasteiger partial charge is 0.385 e. The predicted molar refractivity (Wildman–Crippen MR) is 66.8 cm³/mol. The van der Waals surface area contributed by atoms with Crippen LogP contribution in [0.25, 0.3) is 0 Å². The van der Waals surface area contributed by atoms with Crippen LogP contribution in [0.15, 0.2) is 27.1 Å². The van der Waals surface area contributed by atoms with Crippen LogP contribution >= 0.6 is 31.9 Å². The van der Waals surface area contributed by atoms with Gasteiger partial charge >= 0.3 is 0 Å². The first-order valence-corrected chi connectivity index (χ1v) is 6.00. The Hall–Kier alpha value is -0.0600. The Kier molecular flexibility index (Phi) is 5.52. The molecular weight excluding hydrogens is 310 g/mol. The second-order valence-electron chi connectivity index (χ2n) is 2.90. The Morgan fingerprint density at radius 1 is 1.36 bits per heavy atom. The van der Waals surface area contributed by atoms with E-state index >= 15 is 0 Å². The van der Waals surface area contributed by atoms with E-state index in [0.29, 0.717) is 0 Å². The first-order chi connectivity index (χ1) is 6.74. The molecular formula is C10H13Br2NO. The summed E-state index contributed by atoms with van der Waals surface area (Å²) in [5, 5.41) is 3.33. The number of halogens is 2. The second-order valence-corrected chi connectivity index (χ2v) is 4.67. The van der Waals surface area contributed by atoms with Gasteiger partial charge in [0.15, 0.2) is 0 Å². The Morgan fingerprint density at radius 2 is 2.14 bits per heavy atom. The maximum Gasteiger partial charge on any atom is 0.0495 e. The lowest BCUT2D eigenvalue weighted by atomic mass is 10.3. The van der Waals surface area contributed by atoms with E-state index in [0.717, 1.165) is 34.2 Å². The zero-order valence-electron chi connectivity index (χ0n) is 8.02. The molecule has 0 unspecified atom stereocenters. The van der Waals surface area contributed by atoms with Crippen LogP contribution in [0.1, 0.15) is 6.42 Å². The minimum absolute atomic E-state index is 0.790. The molecule has 0 aliphatic heterocycles. The fourth-order valence-electron chi connectivity index (χ4n) is 1.07. The SMILES string of the molecule is COCCCNc1cc(Br)ccc1Br. The van der Waals surface area contributed by atoms with Crippen molar-refractivity contribution in [1.29, 1.82) is 0 Å². The molecule has 4 heteroatoms. The molecule has 0 aliphatic carbocycles. The van der Waals surface area contributed by atoms with E-state index in [2.05, 4.69) is 43.2 Å². The third-order valence-corrected chi connectivity index (χ3v) is 2.95. The molecule has 0 fully saturated rings. The second kappa shape index (κ2) is 6.43. The van der Waals surface area contributed by atoms with E-state index in [1.807, 2.05) is 12.1 Å². The zero-order valence-corrected chi connectivity index (χ0v) is 11.2. The minimum Gasteiger partial charge on any atom is -0.385 e. The summed E-state index contributed by atoms with van der Waals surface area (Å²) < 4.78 is 7.13. The van der Waals surface area contributed by atoms with Gasteiger partial charge in [-0.2, -0.15) is 0 Å². The molecule has 0 aromatic heterocycles. The Balaban J connectivity index is 2.45. The smallest absolute Gasteiger partial charge is 0.0495 e. The first-order valence-electron chi connectivity index (χ1n) is 4.42. The van der Waals surface area contributed by atoms with Crippen molar-refractivity contribution in [2.24, 2.45) is 0 Å². The number of ether oxygens (including phenoxy) is 1. The van der Waals surface area contributed by atoms with Crippen LogP contribution in [0, 0.1) is 0 Å². The number of rotatable bonds is 5. The van der Waals surface area contributed by atoms with Crippen molar-refractivity contribution < 1.29 is 4.74 Å². The summed E-state index contributed by atoms with van der Waals surface area (Å²) in [4.78, 5) is 0. The molecule has 14 heavy (non-hydrogen) atoms. The van der Waals surface area contributed by atoms with Crippen molar-refractivity contribution in [3.05, 3.63) is 27.1 Å². The minimum atomic E-state index is 0.790. The van der Waals surface area contributed by atoms with Gasteiger partial charge in [-0.1, -0.05) is 15.9 Å². The molecule has 2 nitrogen and oxygen atoms in total. The summed E-state index contributed by atoms with van der Waals surface area (Å²) in [6.07, 6.45) is 1.01. The van der Waals surface area contributed by atoms with Gasteiger partial charge in [-0.05, 0) is 40.5 Å². The standard InChI is InChI=1S/C10H13Br2NO/c1-14-6-2-5-13-10-7-8(11)3-4-9(10)12/h3-4,7,13H,2,5-6H2,1H3.